The van der Waals surface area contributed by atoms with E-state index < -0.39 is 11.9 Å². The van der Waals surface area contributed by atoms with Crippen LogP contribution in [0.5, 0.6) is 0 Å². The maximum Gasteiger partial charge on any atom is 0.435 e. The molecule has 20 heavy (non-hydrogen) atoms. The summed E-state index contributed by atoms with van der Waals surface area (Å²) in [5, 5.41) is 3.35. The van der Waals surface area contributed by atoms with Gasteiger partial charge in [-0.05, 0) is 24.5 Å². The van der Waals surface area contributed by atoms with Crippen LogP contribution in [0.25, 0.3) is 0 Å². The Bertz CT molecular complexity index is 605. The van der Waals surface area contributed by atoms with E-state index in [1.165, 1.54) is 0 Å². The molecule has 2 rings (SSSR count). The average Bonchev–Trinajstić information content (AvgIpc) is 2.87. The molecule has 0 atom stereocenters. The first-order valence-electron chi connectivity index (χ1n) is 5.68. The highest BCUT2D eigenvalue weighted by molar-refractivity contribution is 7.98. The molecule has 0 spiro atoms. The fraction of sp³-hybridized carbons (Fsp3) is 0.231. The van der Waals surface area contributed by atoms with E-state index in [-0.39, 0.29) is 12.3 Å². The molecule has 1 aromatic carbocycles. The van der Waals surface area contributed by atoms with Crippen molar-refractivity contribution in [3.05, 3.63) is 47.8 Å². The lowest BCUT2D eigenvalue weighted by Gasteiger charge is -2.04. The van der Waals surface area contributed by atoms with Gasteiger partial charge in [0.15, 0.2) is 11.5 Å². The molecule has 3 nitrogen and oxygen atoms in total. The molecular weight excluding hydrogens is 289 g/mol. The number of thioether (sulfide) groups is 1. The van der Waals surface area contributed by atoms with E-state index in [0.29, 0.717) is 5.56 Å². The van der Waals surface area contributed by atoms with Crippen LogP contribution in [0.1, 0.15) is 16.1 Å². The van der Waals surface area contributed by atoms with Gasteiger partial charge in [-0.1, -0.05) is 12.1 Å². The maximum atomic E-state index is 12.4. The van der Waals surface area contributed by atoms with Crippen molar-refractivity contribution in [3.8, 4) is 0 Å². The van der Waals surface area contributed by atoms with Gasteiger partial charge in [0.1, 0.15) is 6.54 Å². The molecule has 0 unspecified atom stereocenters. The monoisotopic (exact) mass is 300 g/mol. The van der Waals surface area contributed by atoms with Gasteiger partial charge >= 0.3 is 6.18 Å². The number of aromatic nitrogens is 2. The molecule has 0 radical (unpaired) electrons. The number of hydrogen-bond acceptors (Lipinski definition) is 3. The van der Waals surface area contributed by atoms with Gasteiger partial charge in [-0.15, -0.1) is 11.8 Å². The summed E-state index contributed by atoms with van der Waals surface area (Å²) >= 11 is 1.55. The van der Waals surface area contributed by atoms with E-state index >= 15 is 0 Å². The Hall–Kier alpha value is -1.76. The van der Waals surface area contributed by atoms with E-state index in [0.717, 1.165) is 21.8 Å². The molecule has 2 aromatic rings. The molecule has 0 amide bonds. The van der Waals surface area contributed by atoms with Crippen LogP contribution in [-0.4, -0.2) is 21.8 Å². The van der Waals surface area contributed by atoms with Gasteiger partial charge in [-0.3, -0.25) is 9.48 Å². The molecule has 0 fully saturated rings. The Balaban J connectivity index is 2.09. The van der Waals surface area contributed by atoms with Gasteiger partial charge in [0.05, 0.1) is 0 Å². The predicted molar refractivity (Wildman–Crippen MR) is 69.8 cm³/mol. The number of ketones is 1. The van der Waals surface area contributed by atoms with E-state index in [9.17, 15) is 18.0 Å². The van der Waals surface area contributed by atoms with E-state index in [1.807, 2.05) is 6.26 Å². The van der Waals surface area contributed by atoms with Gasteiger partial charge in [0.2, 0.25) is 0 Å². The number of alkyl halides is 3. The first kappa shape index (κ1) is 14.6. The molecule has 0 saturated heterocycles. The van der Waals surface area contributed by atoms with Crippen LogP contribution in [0.2, 0.25) is 0 Å². The highest BCUT2D eigenvalue weighted by Gasteiger charge is 2.33. The first-order valence-corrected chi connectivity index (χ1v) is 6.90. The van der Waals surface area contributed by atoms with E-state index in [4.69, 9.17) is 0 Å². The summed E-state index contributed by atoms with van der Waals surface area (Å²) in [5.41, 5.74) is -0.546. The van der Waals surface area contributed by atoms with Crippen LogP contribution >= 0.6 is 11.8 Å². The van der Waals surface area contributed by atoms with Crippen LogP contribution in [0.4, 0.5) is 13.2 Å². The zero-order valence-electron chi connectivity index (χ0n) is 10.5. The quantitative estimate of drug-likeness (QED) is 0.640. The number of carbonyl (C=O) groups is 1. The zero-order valence-corrected chi connectivity index (χ0v) is 11.3. The highest BCUT2D eigenvalue weighted by Crippen LogP contribution is 2.27. The van der Waals surface area contributed by atoms with Crippen molar-refractivity contribution in [1.29, 1.82) is 0 Å². The Morgan fingerprint density at radius 3 is 2.40 bits per heavy atom. The molecule has 0 saturated carbocycles. The number of benzene rings is 1. The van der Waals surface area contributed by atoms with E-state index in [2.05, 4.69) is 5.10 Å². The Morgan fingerprint density at radius 2 is 1.90 bits per heavy atom. The second-order valence-corrected chi connectivity index (χ2v) is 4.93. The molecule has 0 aliphatic rings. The van der Waals surface area contributed by atoms with Crippen LogP contribution in [0.3, 0.4) is 0 Å². The van der Waals surface area contributed by atoms with Crippen molar-refractivity contribution in [1.82, 2.24) is 9.78 Å². The molecule has 0 aliphatic heterocycles. The van der Waals surface area contributed by atoms with Gasteiger partial charge in [0, 0.05) is 16.7 Å². The summed E-state index contributed by atoms with van der Waals surface area (Å²) in [6, 6.07) is 7.75. The Kier molecular flexibility index (Phi) is 4.17. The van der Waals surface area contributed by atoms with Crippen LogP contribution in [0, 0.1) is 0 Å². The third kappa shape index (κ3) is 3.41. The SMILES string of the molecule is CSc1ccc(C(=O)Cn2ccc(C(F)(F)F)n2)cc1. The standard InChI is InChI=1S/C13H11F3N2OS/c1-20-10-4-2-9(3-5-10)11(19)8-18-7-6-12(17-18)13(14,15)16/h2-7H,8H2,1H3. The lowest BCUT2D eigenvalue weighted by Crippen LogP contribution is -2.13. The molecule has 106 valence electrons. The van der Waals surface area contributed by atoms with Crippen molar-refractivity contribution < 1.29 is 18.0 Å². The summed E-state index contributed by atoms with van der Waals surface area (Å²) < 4.78 is 38.1. The molecule has 0 aliphatic carbocycles. The Labute approximate surface area is 117 Å². The third-order valence-electron chi connectivity index (χ3n) is 2.65. The number of carbonyl (C=O) groups excluding carboxylic acids is 1. The third-order valence-corrected chi connectivity index (χ3v) is 3.39. The summed E-state index contributed by atoms with van der Waals surface area (Å²) in [4.78, 5) is 12.9. The minimum absolute atomic E-state index is 0.214. The van der Waals surface area contributed by atoms with Crippen LogP contribution < -0.4 is 0 Å². The van der Waals surface area contributed by atoms with Gasteiger partial charge in [-0.2, -0.15) is 18.3 Å². The molecule has 0 N–H and O–H groups in total. The van der Waals surface area contributed by atoms with Gasteiger partial charge in [0.25, 0.3) is 0 Å². The maximum absolute atomic E-state index is 12.4. The number of nitrogens with zero attached hydrogens (tertiary/aromatic N) is 2. The topological polar surface area (TPSA) is 34.9 Å². The fourth-order valence-electron chi connectivity index (χ4n) is 1.62. The Morgan fingerprint density at radius 1 is 1.25 bits per heavy atom. The minimum Gasteiger partial charge on any atom is -0.292 e. The second kappa shape index (κ2) is 5.70. The van der Waals surface area contributed by atoms with Crippen LogP contribution in [0.15, 0.2) is 41.4 Å². The smallest absolute Gasteiger partial charge is 0.292 e. The highest BCUT2D eigenvalue weighted by atomic mass is 32.2. The fourth-order valence-corrected chi connectivity index (χ4v) is 2.02. The summed E-state index contributed by atoms with van der Waals surface area (Å²) in [6.07, 6.45) is -1.43. The van der Waals surface area contributed by atoms with Crippen LogP contribution in [-0.2, 0) is 12.7 Å². The second-order valence-electron chi connectivity index (χ2n) is 4.05. The van der Waals surface area contributed by atoms with Crippen molar-refractivity contribution in [2.24, 2.45) is 0 Å². The summed E-state index contributed by atoms with van der Waals surface area (Å²) in [7, 11) is 0. The molecule has 7 heteroatoms. The largest absolute Gasteiger partial charge is 0.435 e. The van der Waals surface area contributed by atoms with Gasteiger partial charge in [-0.25, -0.2) is 0 Å². The summed E-state index contributed by atoms with van der Waals surface area (Å²) in [6.45, 7) is -0.214. The zero-order chi connectivity index (χ0) is 14.8. The molecule has 1 aromatic heterocycles. The van der Waals surface area contributed by atoms with Crippen molar-refractivity contribution in [2.45, 2.75) is 17.6 Å². The first-order chi connectivity index (χ1) is 9.40. The van der Waals surface area contributed by atoms with Crippen molar-refractivity contribution in [3.63, 3.8) is 0 Å². The molecular formula is C13H11F3N2OS. The molecule has 1 heterocycles. The minimum atomic E-state index is -4.49. The average molecular weight is 300 g/mol. The number of rotatable bonds is 4. The van der Waals surface area contributed by atoms with Crippen molar-refractivity contribution in [2.75, 3.05) is 6.26 Å². The molecule has 0 bridgehead atoms. The normalized spacial score (nSPS) is 11.6. The number of Topliss-reactive ketones (excluding diaryl/α,β-unsaturated/α-hetero) is 1. The van der Waals surface area contributed by atoms with E-state index in [1.54, 1.807) is 36.0 Å². The van der Waals surface area contributed by atoms with Gasteiger partial charge < -0.3 is 0 Å². The number of hydrogen-bond donors (Lipinski definition) is 0. The number of halogens is 3. The summed E-state index contributed by atoms with van der Waals surface area (Å²) in [5.74, 6) is -0.283. The lowest BCUT2D eigenvalue weighted by atomic mass is 10.1. The lowest BCUT2D eigenvalue weighted by molar-refractivity contribution is -0.141. The predicted octanol–water partition coefficient (Wildman–Crippen LogP) is 3.51. The van der Waals surface area contributed by atoms with Crippen molar-refractivity contribution >= 4 is 17.5 Å².